The Labute approximate surface area is 187 Å². The first-order chi connectivity index (χ1) is 14.9. The summed E-state index contributed by atoms with van der Waals surface area (Å²) >= 11 is 0. The molecule has 5 rings (SSSR count). The fourth-order valence-electron chi connectivity index (χ4n) is 8.64. The van der Waals surface area contributed by atoms with Crippen LogP contribution in [0, 0.1) is 46.3 Å². The normalized spacial score (nSPS) is 47.2. The van der Waals surface area contributed by atoms with Gasteiger partial charge in [0.15, 0.2) is 0 Å². The molecule has 4 heteroatoms. The number of allylic oxidation sites excluding steroid dienone is 2. The number of rotatable bonds is 3. The predicted molar refractivity (Wildman–Crippen MR) is 121 cm³/mol. The Bertz CT molecular complexity index is 768. The van der Waals surface area contributed by atoms with Crippen LogP contribution in [0.4, 0.5) is 0 Å². The van der Waals surface area contributed by atoms with E-state index in [4.69, 9.17) is 0 Å². The van der Waals surface area contributed by atoms with Gasteiger partial charge in [-0.1, -0.05) is 25.5 Å². The minimum absolute atomic E-state index is 0.0103. The summed E-state index contributed by atoms with van der Waals surface area (Å²) in [6.45, 7) is 6.80. The number of aliphatic hydroxyl groups excluding tert-OH is 1. The SMILES string of the molecule is C[C@]12CCC(=CCC3CCNCC3)CC1[C@@H](CO)C(=O)C1C2CC[C@]2(C)C(=O)CCC12. The lowest BCUT2D eigenvalue weighted by atomic mass is 9.42. The summed E-state index contributed by atoms with van der Waals surface area (Å²) in [6, 6.07) is 0. The Morgan fingerprint density at radius 1 is 1.00 bits per heavy atom. The minimum Gasteiger partial charge on any atom is -0.396 e. The zero-order chi connectivity index (χ0) is 21.8. The van der Waals surface area contributed by atoms with E-state index in [-0.39, 0.29) is 41.1 Å². The molecule has 0 aromatic rings. The molecule has 1 saturated heterocycles. The lowest BCUT2D eigenvalue weighted by Crippen LogP contribution is -2.60. The highest BCUT2D eigenvalue weighted by molar-refractivity contribution is 5.91. The van der Waals surface area contributed by atoms with Gasteiger partial charge in [0.2, 0.25) is 0 Å². The molecule has 0 spiro atoms. The number of carbonyl (C=O) groups excluding carboxylic acids is 2. The van der Waals surface area contributed by atoms with Gasteiger partial charge >= 0.3 is 0 Å². The summed E-state index contributed by atoms with van der Waals surface area (Å²) in [5.74, 6) is 2.07. The third kappa shape index (κ3) is 3.39. The topological polar surface area (TPSA) is 66.4 Å². The quantitative estimate of drug-likeness (QED) is 0.659. The molecule has 4 nitrogen and oxygen atoms in total. The molecule has 0 bridgehead atoms. The lowest BCUT2D eigenvalue weighted by Gasteiger charge is -2.60. The van der Waals surface area contributed by atoms with Gasteiger partial charge in [-0.15, -0.1) is 0 Å². The average molecular weight is 428 g/mol. The number of hydrogen-bond donors (Lipinski definition) is 2. The zero-order valence-corrected chi connectivity index (χ0v) is 19.5. The summed E-state index contributed by atoms with van der Waals surface area (Å²) < 4.78 is 0. The van der Waals surface area contributed by atoms with Crippen LogP contribution >= 0.6 is 0 Å². The summed E-state index contributed by atoms with van der Waals surface area (Å²) in [7, 11) is 0. The maximum absolute atomic E-state index is 13.8. The molecule has 172 valence electrons. The third-order valence-electron chi connectivity index (χ3n) is 10.7. The van der Waals surface area contributed by atoms with Crippen molar-refractivity contribution in [1.29, 1.82) is 0 Å². The molecule has 1 heterocycles. The molecule has 0 amide bonds. The van der Waals surface area contributed by atoms with Crippen molar-refractivity contribution in [3.05, 3.63) is 11.6 Å². The van der Waals surface area contributed by atoms with Crippen molar-refractivity contribution in [3.63, 3.8) is 0 Å². The fourth-order valence-corrected chi connectivity index (χ4v) is 8.64. The van der Waals surface area contributed by atoms with Gasteiger partial charge in [0.25, 0.3) is 0 Å². The van der Waals surface area contributed by atoms with Crippen LogP contribution in [0.2, 0.25) is 0 Å². The van der Waals surface area contributed by atoms with Crippen molar-refractivity contribution in [2.24, 2.45) is 46.3 Å². The molecule has 0 aromatic heterocycles. The summed E-state index contributed by atoms with van der Waals surface area (Å²) in [4.78, 5) is 26.5. The monoisotopic (exact) mass is 427 g/mol. The van der Waals surface area contributed by atoms with E-state index < -0.39 is 0 Å². The van der Waals surface area contributed by atoms with Gasteiger partial charge in [-0.05, 0) is 100.0 Å². The van der Waals surface area contributed by atoms with Crippen LogP contribution < -0.4 is 5.32 Å². The van der Waals surface area contributed by atoms with E-state index in [0.717, 1.165) is 57.5 Å². The number of ketones is 2. The molecule has 4 unspecified atom stereocenters. The van der Waals surface area contributed by atoms with E-state index in [2.05, 4.69) is 25.2 Å². The smallest absolute Gasteiger partial charge is 0.142 e. The zero-order valence-electron chi connectivity index (χ0n) is 19.5. The Morgan fingerprint density at radius 2 is 1.77 bits per heavy atom. The van der Waals surface area contributed by atoms with Gasteiger partial charge in [0, 0.05) is 23.7 Å². The first-order valence-electron chi connectivity index (χ1n) is 12.9. The van der Waals surface area contributed by atoms with Crippen molar-refractivity contribution < 1.29 is 14.7 Å². The summed E-state index contributed by atoms with van der Waals surface area (Å²) in [5.41, 5.74) is 1.35. The Balaban J connectivity index is 1.39. The van der Waals surface area contributed by atoms with Crippen LogP contribution in [0.5, 0.6) is 0 Å². The van der Waals surface area contributed by atoms with Crippen molar-refractivity contribution >= 4 is 11.6 Å². The Hall–Kier alpha value is -1.00. The number of piperidine rings is 1. The molecule has 4 aliphatic carbocycles. The largest absolute Gasteiger partial charge is 0.396 e. The van der Waals surface area contributed by atoms with Crippen LogP contribution in [-0.2, 0) is 9.59 Å². The third-order valence-corrected chi connectivity index (χ3v) is 10.7. The molecule has 1 aliphatic heterocycles. The molecular weight excluding hydrogens is 386 g/mol. The summed E-state index contributed by atoms with van der Waals surface area (Å²) in [6.07, 6.45) is 13.0. The molecule has 0 radical (unpaired) electrons. The van der Waals surface area contributed by atoms with E-state index in [1.165, 1.54) is 24.8 Å². The van der Waals surface area contributed by atoms with E-state index in [0.29, 0.717) is 23.9 Å². The highest BCUT2D eigenvalue weighted by Crippen LogP contribution is 2.66. The van der Waals surface area contributed by atoms with Gasteiger partial charge in [-0.25, -0.2) is 0 Å². The first kappa shape index (κ1) is 21.8. The van der Waals surface area contributed by atoms with Crippen LogP contribution in [-0.4, -0.2) is 36.4 Å². The van der Waals surface area contributed by atoms with Gasteiger partial charge in [-0.2, -0.15) is 0 Å². The van der Waals surface area contributed by atoms with Gasteiger partial charge in [-0.3, -0.25) is 9.59 Å². The number of aliphatic hydroxyl groups is 1. The number of hydrogen-bond acceptors (Lipinski definition) is 4. The number of nitrogens with one attached hydrogen (secondary N) is 1. The maximum Gasteiger partial charge on any atom is 0.142 e. The van der Waals surface area contributed by atoms with Crippen molar-refractivity contribution in [2.45, 2.75) is 78.1 Å². The van der Waals surface area contributed by atoms with E-state index in [1.807, 2.05) is 0 Å². The number of Topliss-reactive ketones (excluding diaryl/α,β-unsaturated/α-hetero) is 2. The fraction of sp³-hybridized carbons (Fsp3) is 0.852. The molecule has 0 aromatic carbocycles. The van der Waals surface area contributed by atoms with Crippen molar-refractivity contribution in [1.82, 2.24) is 5.32 Å². The highest BCUT2D eigenvalue weighted by atomic mass is 16.3. The van der Waals surface area contributed by atoms with Gasteiger partial charge in [0.05, 0.1) is 6.61 Å². The molecular formula is C27H41NO3. The lowest BCUT2D eigenvalue weighted by molar-refractivity contribution is -0.167. The Kier molecular flexibility index (Phi) is 5.70. The van der Waals surface area contributed by atoms with E-state index in [9.17, 15) is 14.7 Å². The van der Waals surface area contributed by atoms with Crippen LogP contribution in [0.25, 0.3) is 0 Å². The molecule has 31 heavy (non-hydrogen) atoms. The first-order valence-corrected chi connectivity index (χ1v) is 12.9. The molecule has 7 atom stereocenters. The predicted octanol–water partition coefficient (Wildman–Crippen LogP) is 4.31. The molecule has 5 fully saturated rings. The highest BCUT2D eigenvalue weighted by Gasteiger charge is 2.64. The molecule has 4 saturated carbocycles. The molecule has 2 N–H and O–H groups in total. The molecule has 5 aliphatic rings. The number of carbonyl (C=O) groups is 2. The maximum atomic E-state index is 13.8. The second-order valence-electron chi connectivity index (χ2n) is 12.0. The second kappa shape index (κ2) is 8.09. The van der Waals surface area contributed by atoms with Crippen molar-refractivity contribution in [2.75, 3.05) is 19.7 Å². The summed E-state index contributed by atoms with van der Waals surface area (Å²) in [5, 5.41) is 13.8. The standard InChI is InChI=1S/C27H41NO3/c1-26-11-7-18(4-3-17-9-13-28-14-10-17)15-22(26)19(16-29)25(31)24-20-5-6-23(30)27(20,2)12-8-21(24)26/h4,17,19-22,24,28-29H,3,5-16H2,1-2H3/t19-,20?,21?,22?,24?,26-,27+/m1/s1. The van der Waals surface area contributed by atoms with Crippen LogP contribution in [0.15, 0.2) is 11.6 Å². The van der Waals surface area contributed by atoms with Gasteiger partial charge < -0.3 is 10.4 Å². The van der Waals surface area contributed by atoms with Gasteiger partial charge in [0.1, 0.15) is 11.6 Å². The van der Waals surface area contributed by atoms with E-state index in [1.54, 1.807) is 0 Å². The number of fused-ring (bicyclic) bond motifs is 5. The second-order valence-corrected chi connectivity index (χ2v) is 12.0. The van der Waals surface area contributed by atoms with Crippen molar-refractivity contribution in [3.8, 4) is 0 Å². The average Bonchev–Trinajstić information content (AvgIpc) is 3.08. The van der Waals surface area contributed by atoms with E-state index >= 15 is 0 Å². The minimum atomic E-state index is -0.297. The van der Waals surface area contributed by atoms with Crippen LogP contribution in [0.1, 0.15) is 78.1 Å². The van der Waals surface area contributed by atoms with Crippen LogP contribution in [0.3, 0.4) is 0 Å². The Morgan fingerprint density at radius 3 is 2.52 bits per heavy atom.